The predicted molar refractivity (Wildman–Crippen MR) is 83.4 cm³/mol. The quantitative estimate of drug-likeness (QED) is 0.851. The van der Waals surface area contributed by atoms with Crippen molar-refractivity contribution in [3.63, 3.8) is 0 Å². The third-order valence-electron chi connectivity index (χ3n) is 4.06. The van der Waals surface area contributed by atoms with Crippen LogP contribution in [0.25, 0.3) is 0 Å². The molecule has 1 N–H and O–H groups in total. The van der Waals surface area contributed by atoms with Gasteiger partial charge in [0.25, 0.3) is 5.91 Å². The Morgan fingerprint density at radius 1 is 1.32 bits per heavy atom. The van der Waals surface area contributed by atoms with E-state index in [0.717, 1.165) is 18.5 Å². The van der Waals surface area contributed by atoms with E-state index in [1.165, 1.54) is 11.8 Å². The van der Waals surface area contributed by atoms with Crippen molar-refractivity contribution < 1.29 is 9.59 Å². The fraction of sp³-hybridized carbons (Fsp3) is 0.250. The molecule has 3 amide bonds. The van der Waals surface area contributed by atoms with Crippen LogP contribution in [-0.2, 0) is 11.2 Å². The molecule has 110 valence electrons. The Kier molecular flexibility index (Phi) is 2.89. The standard InChI is InChI=1S/C16H14N4O2/c21-15(11-8-12-14(17-9-11)19-16(22)18-12)20-7-3-5-10-4-1-2-6-13(10)20/h1-2,4,6,8-9,12H,3,5,7H2,(H,18,22). The highest BCUT2D eigenvalue weighted by atomic mass is 16.2. The lowest BCUT2D eigenvalue weighted by molar-refractivity contribution is -0.114. The number of para-hydroxylation sites is 1. The molecule has 4 rings (SSSR count). The van der Waals surface area contributed by atoms with Gasteiger partial charge in [-0.1, -0.05) is 18.2 Å². The van der Waals surface area contributed by atoms with Crippen LogP contribution in [0.4, 0.5) is 10.5 Å². The molecule has 0 spiro atoms. The van der Waals surface area contributed by atoms with Gasteiger partial charge in [0.1, 0.15) is 6.04 Å². The van der Waals surface area contributed by atoms with Crippen LogP contribution in [-0.4, -0.2) is 36.6 Å². The van der Waals surface area contributed by atoms with Gasteiger partial charge < -0.3 is 10.2 Å². The molecule has 6 heteroatoms. The number of nitrogens with zero attached hydrogens (tertiary/aromatic N) is 3. The monoisotopic (exact) mass is 294 g/mol. The molecule has 0 bridgehead atoms. The molecular weight excluding hydrogens is 280 g/mol. The van der Waals surface area contributed by atoms with Crippen molar-refractivity contribution in [3.05, 3.63) is 41.5 Å². The predicted octanol–water partition coefficient (Wildman–Crippen LogP) is 1.47. The zero-order valence-electron chi connectivity index (χ0n) is 11.8. The van der Waals surface area contributed by atoms with E-state index in [4.69, 9.17) is 0 Å². The summed E-state index contributed by atoms with van der Waals surface area (Å²) in [7, 11) is 0. The largest absolute Gasteiger partial charge is 0.343 e. The number of hydrogen-bond donors (Lipinski definition) is 1. The number of rotatable bonds is 1. The number of urea groups is 1. The Morgan fingerprint density at radius 3 is 3.09 bits per heavy atom. The lowest BCUT2D eigenvalue weighted by atomic mass is 10.00. The van der Waals surface area contributed by atoms with E-state index >= 15 is 0 Å². The number of aryl methyl sites for hydroxylation is 1. The molecule has 6 nitrogen and oxygen atoms in total. The molecule has 22 heavy (non-hydrogen) atoms. The number of amides is 3. The number of hydrogen-bond acceptors (Lipinski definition) is 3. The van der Waals surface area contributed by atoms with Crippen LogP contribution in [0.3, 0.4) is 0 Å². The first kappa shape index (κ1) is 12.9. The molecule has 1 aromatic rings. The van der Waals surface area contributed by atoms with E-state index in [-0.39, 0.29) is 5.91 Å². The van der Waals surface area contributed by atoms with Crippen LogP contribution in [0, 0.1) is 0 Å². The van der Waals surface area contributed by atoms with E-state index in [2.05, 4.69) is 21.4 Å². The maximum absolute atomic E-state index is 12.8. The molecule has 0 saturated carbocycles. The topological polar surface area (TPSA) is 74.1 Å². The number of carbonyl (C=O) groups excluding carboxylic acids is 2. The number of aliphatic imine (C=N–C) groups is 2. The Balaban J connectivity index is 1.64. The minimum Gasteiger partial charge on any atom is -0.323 e. The van der Waals surface area contributed by atoms with Crippen LogP contribution in [0.5, 0.6) is 0 Å². The molecule has 1 unspecified atom stereocenters. The van der Waals surface area contributed by atoms with E-state index in [1.807, 2.05) is 18.2 Å². The van der Waals surface area contributed by atoms with Crippen molar-refractivity contribution in [1.29, 1.82) is 0 Å². The highest BCUT2D eigenvalue weighted by Crippen LogP contribution is 2.28. The van der Waals surface area contributed by atoms with Crippen LogP contribution < -0.4 is 10.2 Å². The molecule has 3 aliphatic heterocycles. The van der Waals surface area contributed by atoms with Gasteiger partial charge in [0.05, 0.1) is 5.57 Å². The van der Waals surface area contributed by atoms with Crippen molar-refractivity contribution in [2.24, 2.45) is 9.98 Å². The molecule has 0 radical (unpaired) electrons. The number of fused-ring (bicyclic) bond motifs is 2. The Morgan fingerprint density at radius 2 is 2.18 bits per heavy atom. The number of anilines is 1. The first-order valence-electron chi connectivity index (χ1n) is 7.27. The number of amidine groups is 1. The molecule has 0 saturated heterocycles. The van der Waals surface area contributed by atoms with Gasteiger partial charge in [0.15, 0.2) is 5.84 Å². The summed E-state index contributed by atoms with van der Waals surface area (Å²) in [4.78, 5) is 33.7. The number of carbonyl (C=O) groups is 2. The van der Waals surface area contributed by atoms with Gasteiger partial charge in [-0.2, -0.15) is 4.99 Å². The van der Waals surface area contributed by atoms with Gasteiger partial charge in [0, 0.05) is 18.4 Å². The molecule has 3 aliphatic rings. The summed E-state index contributed by atoms with van der Waals surface area (Å²) in [5, 5.41) is 2.66. The number of dihydropyridines is 1. The van der Waals surface area contributed by atoms with E-state index in [9.17, 15) is 9.59 Å². The average Bonchev–Trinajstić information content (AvgIpc) is 2.92. The summed E-state index contributed by atoms with van der Waals surface area (Å²) < 4.78 is 0. The van der Waals surface area contributed by atoms with Gasteiger partial charge in [-0.3, -0.25) is 4.79 Å². The van der Waals surface area contributed by atoms with Gasteiger partial charge >= 0.3 is 6.03 Å². The summed E-state index contributed by atoms with van der Waals surface area (Å²) in [6.07, 6.45) is 5.15. The SMILES string of the molecule is O=C1N=C2N=CC(C(=O)N3CCCc4ccccc43)=CC2N1. The molecule has 1 aromatic carbocycles. The maximum Gasteiger partial charge on any atom is 0.343 e. The smallest absolute Gasteiger partial charge is 0.323 e. The number of nitrogens with one attached hydrogen (secondary N) is 1. The van der Waals surface area contributed by atoms with E-state index < -0.39 is 12.1 Å². The third kappa shape index (κ3) is 2.04. The number of benzene rings is 1. The second-order valence-electron chi connectivity index (χ2n) is 5.47. The summed E-state index contributed by atoms with van der Waals surface area (Å²) in [6, 6.07) is 7.15. The Labute approximate surface area is 127 Å². The lowest BCUT2D eigenvalue weighted by Gasteiger charge is -2.30. The summed E-state index contributed by atoms with van der Waals surface area (Å²) in [5.41, 5.74) is 2.64. The lowest BCUT2D eigenvalue weighted by Crippen LogP contribution is -2.39. The van der Waals surface area contributed by atoms with Crippen LogP contribution in [0.2, 0.25) is 0 Å². The highest BCUT2D eigenvalue weighted by Gasteiger charge is 2.30. The zero-order valence-corrected chi connectivity index (χ0v) is 11.8. The molecule has 0 aliphatic carbocycles. The van der Waals surface area contributed by atoms with Crippen LogP contribution in [0.1, 0.15) is 12.0 Å². The van der Waals surface area contributed by atoms with Crippen molar-refractivity contribution in [1.82, 2.24) is 5.32 Å². The minimum absolute atomic E-state index is 0.0869. The summed E-state index contributed by atoms with van der Waals surface area (Å²) in [6.45, 7) is 0.693. The van der Waals surface area contributed by atoms with Crippen LogP contribution >= 0.6 is 0 Å². The van der Waals surface area contributed by atoms with E-state index in [0.29, 0.717) is 18.0 Å². The van der Waals surface area contributed by atoms with Crippen molar-refractivity contribution in [2.45, 2.75) is 18.9 Å². The molecular formula is C16H14N4O2. The summed E-state index contributed by atoms with van der Waals surface area (Å²) >= 11 is 0. The molecule has 3 heterocycles. The molecule has 1 atom stereocenters. The minimum atomic E-state index is -0.412. The van der Waals surface area contributed by atoms with Gasteiger partial charge in [-0.25, -0.2) is 9.79 Å². The van der Waals surface area contributed by atoms with Gasteiger partial charge in [0.2, 0.25) is 0 Å². The first-order chi connectivity index (χ1) is 10.7. The Hall–Kier alpha value is -2.76. The molecule has 0 aromatic heterocycles. The van der Waals surface area contributed by atoms with Gasteiger partial charge in [-0.15, -0.1) is 0 Å². The van der Waals surface area contributed by atoms with Gasteiger partial charge in [-0.05, 0) is 30.5 Å². The fourth-order valence-corrected chi connectivity index (χ4v) is 3.01. The van der Waals surface area contributed by atoms with Crippen molar-refractivity contribution in [2.75, 3.05) is 11.4 Å². The Bertz CT molecular complexity index is 763. The second kappa shape index (κ2) is 4.91. The maximum atomic E-state index is 12.8. The molecule has 0 fully saturated rings. The first-order valence-corrected chi connectivity index (χ1v) is 7.27. The third-order valence-corrected chi connectivity index (χ3v) is 4.06. The summed E-state index contributed by atoms with van der Waals surface area (Å²) in [5.74, 6) is 0.330. The average molecular weight is 294 g/mol. The van der Waals surface area contributed by atoms with E-state index in [1.54, 1.807) is 11.0 Å². The zero-order chi connectivity index (χ0) is 15.1. The van der Waals surface area contributed by atoms with Crippen molar-refractivity contribution in [3.8, 4) is 0 Å². The van der Waals surface area contributed by atoms with Crippen molar-refractivity contribution >= 4 is 29.7 Å². The van der Waals surface area contributed by atoms with Crippen LogP contribution in [0.15, 0.2) is 45.9 Å². The second-order valence-corrected chi connectivity index (χ2v) is 5.47. The normalized spacial score (nSPS) is 22.5. The fourth-order valence-electron chi connectivity index (χ4n) is 3.01. The highest BCUT2D eigenvalue weighted by molar-refractivity contribution is 6.24.